The van der Waals surface area contributed by atoms with E-state index >= 15 is 0 Å². The third-order valence-electron chi connectivity index (χ3n) is 6.37. The molecule has 0 aliphatic carbocycles. The van der Waals surface area contributed by atoms with Crippen LogP contribution in [0.3, 0.4) is 0 Å². The largest absolute Gasteiger partial charge is 0.445 e. The number of carbonyl (C=O) groups excluding carboxylic acids is 1. The zero-order valence-electron chi connectivity index (χ0n) is 19.3. The van der Waals surface area contributed by atoms with E-state index in [1.807, 2.05) is 62.5 Å². The van der Waals surface area contributed by atoms with Crippen LogP contribution in [-0.4, -0.2) is 43.6 Å². The molecule has 0 unspecified atom stereocenters. The van der Waals surface area contributed by atoms with Gasteiger partial charge in [-0.05, 0) is 56.0 Å². The van der Waals surface area contributed by atoms with E-state index in [0.29, 0.717) is 31.3 Å². The van der Waals surface area contributed by atoms with Crippen molar-refractivity contribution in [2.45, 2.75) is 39.3 Å². The number of nitrogens with zero attached hydrogens (tertiary/aromatic N) is 5. The molecule has 4 heterocycles. The molecule has 0 radical (unpaired) electrons. The van der Waals surface area contributed by atoms with E-state index in [2.05, 4.69) is 19.5 Å². The van der Waals surface area contributed by atoms with Crippen LogP contribution in [0.4, 0.5) is 4.79 Å². The zero-order chi connectivity index (χ0) is 23.5. The molecule has 1 aromatic carbocycles. The number of aromatic nitrogens is 4. The molecule has 0 N–H and O–H groups in total. The van der Waals surface area contributed by atoms with Crippen molar-refractivity contribution in [3.63, 3.8) is 0 Å². The lowest BCUT2D eigenvalue weighted by atomic mass is 10.1. The first-order chi connectivity index (χ1) is 16.6. The minimum Gasteiger partial charge on any atom is -0.445 e. The van der Waals surface area contributed by atoms with Crippen LogP contribution in [0.1, 0.15) is 35.7 Å². The zero-order valence-corrected chi connectivity index (χ0v) is 19.3. The third kappa shape index (κ3) is 4.44. The fourth-order valence-corrected chi connectivity index (χ4v) is 4.33. The number of hydrogen-bond acceptors (Lipinski definition) is 6. The first-order valence-corrected chi connectivity index (χ1v) is 11.5. The maximum absolute atomic E-state index is 12.6. The molecule has 0 bridgehead atoms. The van der Waals surface area contributed by atoms with Gasteiger partial charge in [0, 0.05) is 31.5 Å². The highest BCUT2D eigenvalue weighted by Crippen LogP contribution is 2.32. The summed E-state index contributed by atoms with van der Waals surface area (Å²) >= 11 is 0. The lowest BCUT2D eigenvalue weighted by molar-refractivity contribution is 0.0833. The normalized spacial score (nSPS) is 14.4. The Morgan fingerprint density at radius 3 is 2.65 bits per heavy atom. The average Bonchev–Trinajstić information content (AvgIpc) is 3.30. The summed E-state index contributed by atoms with van der Waals surface area (Å²) in [5.41, 5.74) is 3.78. The van der Waals surface area contributed by atoms with Gasteiger partial charge in [-0.3, -0.25) is 4.98 Å². The van der Waals surface area contributed by atoms with Crippen molar-refractivity contribution in [2.24, 2.45) is 0 Å². The smallest absolute Gasteiger partial charge is 0.410 e. The van der Waals surface area contributed by atoms with Crippen LogP contribution in [-0.2, 0) is 11.3 Å². The third-order valence-corrected chi connectivity index (χ3v) is 6.37. The van der Waals surface area contributed by atoms with Crippen LogP contribution in [0, 0.1) is 13.8 Å². The second kappa shape index (κ2) is 9.51. The molecule has 0 atom stereocenters. The molecule has 0 spiro atoms. The standard InChI is InChI=1S/C26H27N5O3/c1-18-6-3-4-7-20(18)16-33-26(32)30-13-9-21(10-14-30)31-15-11-22-24(31)28-17-29-25(22)34-23-8-5-12-27-19(23)2/h3-8,11-12,15,17,21H,9-10,13-14,16H2,1-2H3. The summed E-state index contributed by atoms with van der Waals surface area (Å²) in [6.45, 7) is 5.50. The molecule has 1 aliphatic rings. The van der Waals surface area contributed by atoms with Gasteiger partial charge in [-0.1, -0.05) is 24.3 Å². The van der Waals surface area contributed by atoms with Gasteiger partial charge in [0.1, 0.15) is 18.6 Å². The molecular formula is C26H27N5O3. The molecule has 8 nitrogen and oxygen atoms in total. The summed E-state index contributed by atoms with van der Waals surface area (Å²) in [5.74, 6) is 1.19. The van der Waals surface area contributed by atoms with Crippen LogP contribution in [0.2, 0.25) is 0 Å². The molecule has 4 aromatic rings. The Labute approximate surface area is 198 Å². The fourth-order valence-electron chi connectivity index (χ4n) is 4.33. The second-order valence-electron chi connectivity index (χ2n) is 8.53. The van der Waals surface area contributed by atoms with Gasteiger partial charge < -0.3 is 18.9 Å². The number of rotatable bonds is 5. The number of piperidine rings is 1. The fraction of sp³-hybridized carbons (Fsp3) is 0.308. The van der Waals surface area contributed by atoms with Gasteiger partial charge in [-0.2, -0.15) is 0 Å². The second-order valence-corrected chi connectivity index (χ2v) is 8.53. The molecule has 1 amide bonds. The SMILES string of the molecule is Cc1ccccc1COC(=O)N1CCC(n2ccc3c(Oc4cccnc4C)ncnc32)CC1. The highest BCUT2D eigenvalue weighted by atomic mass is 16.6. The Morgan fingerprint density at radius 2 is 1.85 bits per heavy atom. The molecule has 1 aliphatic heterocycles. The van der Waals surface area contributed by atoms with Crippen molar-refractivity contribution in [3.8, 4) is 11.6 Å². The van der Waals surface area contributed by atoms with E-state index in [4.69, 9.17) is 9.47 Å². The quantitative estimate of drug-likeness (QED) is 0.409. The summed E-state index contributed by atoms with van der Waals surface area (Å²) < 4.78 is 13.8. The number of amides is 1. The number of hydrogen-bond donors (Lipinski definition) is 0. The predicted octanol–water partition coefficient (Wildman–Crippen LogP) is 5.21. The monoisotopic (exact) mass is 457 g/mol. The van der Waals surface area contributed by atoms with Gasteiger partial charge >= 0.3 is 6.09 Å². The Morgan fingerprint density at radius 1 is 1.03 bits per heavy atom. The van der Waals surface area contributed by atoms with Gasteiger partial charge in [0.05, 0.1) is 11.1 Å². The van der Waals surface area contributed by atoms with Crippen LogP contribution in [0.15, 0.2) is 61.2 Å². The van der Waals surface area contributed by atoms with Crippen molar-refractivity contribution in [3.05, 3.63) is 78.0 Å². The van der Waals surface area contributed by atoms with Crippen molar-refractivity contribution in [1.29, 1.82) is 0 Å². The van der Waals surface area contributed by atoms with Crippen LogP contribution in [0.25, 0.3) is 11.0 Å². The minimum atomic E-state index is -0.260. The van der Waals surface area contributed by atoms with Crippen LogP contribution < -0.4 is 4.74 Å². The molecule has 3 aromatic heterocycles. The Bertz CT molecular complexity index is 1310. The minimum absolute atomic E-state index is 0.237. The summed E-state index contributed by atoms with van der Waals surface area (Å²) in [5, 5.41) is 0.853. The molecule has 174 valence electrons. The topological polar surface area (TPSA) is 82.4 Å². The summed E-state index contributed by atoms with van der Waals surface area (Å²) in [4.78, 5) is 27.5. The van der Waals surface area contributed by atoms with Gasteiger partial charge in [-0.15, -0.1) is 0 Å². The van der Waals surface area contributed by atoms with Gasteiger partial charge in [0.15, 0.2) is 5.75 Å². The first kappa shape index (κ1) is 21.9. The number of carbonyl (C=O) groups is 1. The van der Waals surface area contributed by atoms with Crippen LogP contribution in [0.5, 0.6) is 11.6 Å². The molecule has 1 saturated heterocycles. The van der Waals surface area contributed by atoms with Gasteiger partial charge in [0.2, 0.25) is 5.88 Å². The van der Waals surface area contributed by atoms with Crippen molar-refractivity contribution in [2.75, 3.05) is 13.1 Å². The Balaban J connectivity index is 1.24. The van der Waals surface area contributed by atoms with E-state index in [9.17, 15) is 4.79 Å². The maximum Gasteiger partial charge on any atom is 0.410 e. The predicted molar refractivity (Wildman–Crippen MR) is 128 cm³/mol. The van der Waals surface area contributed by atoms with E-state index in [0.717, 1.165) is 40.7 Å². The molecule has 0 saturated carbocycles. The lowest BCUT2D eigenvalue weighted by Crippen LogP contribution is -2.39. The van der Waals surface area contributed by atoms with E-state index in [1.165, 1.54) is 6.33 Å². The number of pyridine rings is 1. The van der Waals surface area contributed by atoms with E-state index in [-0.39, 0.29) is 12.1 Å². The number of fused-ring (bicyclic) bond motifs is 1. The molecule has 1 fully saturated rings. The van der Waals surface area contributed by atoms with Gasteiger partial charge in [0.25, 0.3) is 0 Å². The molecule has 5 rings (SSSR count). The number of ether oxygens (including phenoxy) is 2. The highest BCUT2D eigenvalue weighted by molar-refractivity contribution is 5.81. The Kier molecular flexibility index (Phi) is 6.12. The summed E-state index contributed by atoms with van der Waals surface area (Å²) in [6, 6.07) is 13.9. The molecule has 8 heteroatoms. The first-order valence-electron chi connectivity index (χ1n) is 11.5. The van der Waals surface area contributed by atoms with E-state index in [1.54, 1.807) is 11.1 Å². The maximum atomic E-state index is 12.6. The molecule has 34 heavy (non-hydrogen) atoms. The Hall–Kier alpha value is -3.94. The highest BCUT2D eigenvalue weighted by Gasteiger charge is 2.26. The average molecular weight is 458 g/mol. The number of benzene rings is 1. The number of likely N-dealkylation sites (tertiary alicyclic amines) is 1. The van der Waals surface area contributed by atoms with Gasteiger partial charge in [-0.25, -0.2) is 14.8 Å². The van der Waals surface area contributed by atoms with Crippen molar-refractivity contribution >= 4 is 17.1 Å². The van der Waals surface area contributed by atoms with E-state index < -0.39 is 0 Å². The van der Waals surface area contributed by atoms with Crippen LogP contribution >= 0.6 is 0 Å². The van der Waals surface area contributed by atoms with Crippen molar-refractivity contribution in [1.82, 2.24) is 24.4 Å². The van der Waals surface area contributed by atoms with Crippen molar-refractivity contribution < 1.29 is 14.3 Å². The molecular weight excluding hydrogens is 430 g/mol. The summed E-state index contributed by atoms with van der Waals surface area (Å²) in [7, 11) is 0. The number of aryl methyl sites for hydroxylation is 2. The lowest BCUT2D eigenvalue weighted by Gasteiger charge is -2.32. The summed E-state index contributed by atoms with van der Waals surface area (Å²) in [6.07, 6.45) is 6.68.